The maximum Gasteiger partial charge on any atom is 0.314 e. The fourth-order valence-electron chi connectivity index (χ4n) is 3.74. The van der Waals surface area contributed by atoms with Crippen LogP contribution in [0.1, 0.15) is 27.9 Å². The molecule has 6 nitrogen and oxygen atoms in total. The van der Waals surface area contributed by atoms with Crippen molar-refractivity contribution in [1.29, 1.82) is 0 Å². The van der Waals surface area contributed by atoms with Crippen LogP contribution in [0.25, 0.3) is 0 Å². The fraction of sp³-hybridized carbons (Fsp3) is 0.364. The Balaban J connectivity index is 1.89. The molecule has 1 amide bonds. The van der Waals surface area contributed by atoms with Crippen molar-refractivity contribution in [1.82, 2.24) is 4.90 Å². The molecule has 1 aliphatic heterocycles. The molecule has 1 aliphatic rings. The molecule has 2 aromatic rings. The lowest BCUT2D eigenvalue weighted by Crippen LogP contribution is -2.58. The molecule has 3 rings (SSSR count). The Labute approximate surface area is 164 Å². The lowest BCUT2D eigenvalue weighted by Gasteiger charge is -2.43. The van der Waals surface area contributed by atoms with Crippen LogP contribution in [-0.2, 0) is 11.2 Å². The molecule has 28 heavy (non-hydrogen) atoms. The first-order valence-electron chi connectivity index (χ1n) is 9.26. The predicted octanol–water partition coefficient (Wildman–Crippen LogP) is 2.52. The number of aliphatic carboxylic acids is 1. The summed E-state index contributed by atoms with van der Waals surface area (Å²) in [7, 11) is 1.55. The Morgan fingerprint density at radius 2 is 1.93 bits per heavy atom. The number of amides is 1. The van der Waals surface area contributed by atoms with Gasteiger partial charge in [0.1, 0.15) is 11.2 Å². The Morgan fingerprint density at radius 3 is 2.57 bits per heavy atom. The van der Waals surface area contributed by atoms with E-state index in [-0.39, 0.29) is 25.3 Å². The number of rotatable bonds is 5. The minimum atomic E-state index is -1.47. The molecule has 1 heterocycles. The SMILES string of the molecule is COc1cccc(C[C@@]2(C(=O)O)CN(C(=O)c3ccc(C)cc3)CC[C@H]2O)c1. The third-order valence-electron chi connectivity index (χ3n) is 5.45. The molecule has 0 aromatic heterocycles. The third-order valence-corrected chi connectivity index (χ3v) is 5.45. The highest BCUT2D eigenvalue weighted by Crippen LogP contribution is 2.36. The number of aryl methyl sites for hydroxylation is 1. The second-order valence-corrected chi connectivity index (χ2v) is 7.39. The Bertz CT molecular complexity index is 863. The van der Waals surface area contributed by atoms with Crippen molar-refractivity contribution in [2.24, 2.45) is 5.41 Å². The highest BCUT2D eigenvalue weighted by Gasteiger charge is 2.50. The highest BCUT2D eigenvalue weighted by atomic mass is 16.5. The van der Waals surface area contributed by atoms with Crippen LogP contribution in [0.4, 0.5) is 0 Å². The normalized spacial score (nSPS) is 22.0. The zero-order chi connectivity index (χ0) is 20.3. The summed E-state index contributed by atoms with van der Waals surface area (Å²) >= 11 is 0. The average molecular weight is 383 g/mol. The molecular weight excluding hydrogens is 358 g/mol. The number of carboxylic acid groups (broad SMARTS) is 1. The molecule has 0 unspecified atom stereocenters. The molecule has 0 aliphatic carbocycles. The number of piperidine rings is 1. The molecule has 2 N–H and O–H groups in total. The van der Waals surface area contributed by atoms with Gasteiger partial charge in [-0.2, -0.15) is 0 Å². The lowest BCUT2D eigenvalue weighted by molar-refractivity contribution is -0.161. The van der Waals surface area contributed by atoms with Crippen LogP contribution in [0.2, 0.25) is 0 Å². The van der Waals surface area contributed by atoms with Gasteiger partial charge in [-0.05, 0) is 49.6 Å². The van der Waals surface area contributed by atoms with Gasteiger partial charge in [0.25, 0.3) is 5.91 Å². The largest absolute Gasteiger partial charge is 0.497 e. The number of likely N-dealkylation sites (tertiary alicyclic amines) is 1. The lowest BCUT2D eigenvalue weighted by atomic mass is 9.72. The smallest absolute Gasteiger partial charge is 0.314 e. The number of aliphatic hydroxyl groups is 1. The molecule has 2 atom stereocenters. The van der Waals surface area contributed by atoms with Crippen LogP contribution >= 0.6 is 0 Å². The van der Waals surface area contributed by atoms with E-state index in [1.165, 1.54) is 4.90 Å². The number of nitrogens with zero attached hydrogens (tertiary/aromatic N) is 1. The maximum absolute atomic E-state index is 12.9. The van der Waals surface area contributed by atoms with Gasteiger partial charge < -0.3 is 19.8 Å². The summed E-state index contributed by atoms with van der Waals surface area (Å²) in [6.45, 7) is 2.21. The minimum absolute atomic E-state index is 0.0482. The number of hydrogen-bond acceptors (Lipinski definition) is 4. The molecule has 1 fully saturated rings. The molecule has 0 saturated carbocycles. The first-order valence-corrected chi connectivity index (χ1v) is 9.26. The van der Waals surface area contributed by atoms with Crippen LogP contribution in [0.3, 0.4) is 0 Å². The van der Waals surface area contributed by atoms with Gasteiger partial charge >= 0.3 is 5.97 Å². The van der Waals surface area contributed by atoms with Crippen molar-refractivity contribution in [2.45, 2.75) is 25.9 Å². The maximum atomic E-state index is 12.9. The zero-order valence-electron chi connectivity index (χ0n) is 16.1. The third kappa shape index (κ3) is 3.87. The number of carbonyl (C=O) groups excluding carboxylic acids is 1. The summed E-state index contributed by atoms with van der Waals surface area (Å²) in [6, 6.07) is 14.3. The molecule has 0 spiro atoms. The van der Waals surface area contributed by atoms with Gasteiger partial charge in [0.2, 0.25) is 0 Å². The number of methoxy groups -OCH3 is 1. The van der Waals surface area contributed by atoms with E-state index in [9.17, 15) is 19.8 Å². The van der Waals surface area contributed by atoms with Gasteiger partial charge in [-0.3, -0.25) is 9.59 Å². The molecule has 2 aromatic carbocycles. The summed E-state index contributed by atoms with van der Waals surface area (Å²) in [6.07, 6.45) is -0.718. The summed E-state index contributed by atoms with van der Waals surface area (Å²) < 4.78 is 5.22. The van der Waals surface area contributed by atoms with Crippen LogP contribution in [0, 0.1) is 12.3 Å². The number of carboxylic acids is 1. The summed E-state index contributed by atoms with van der Waals surface area (Å²) in [4.78, 5) is 26.7. The number of ether oxygens (including phenoxy) is 1. The highest BCUT2D eigenvalue weighted by molar-refractivity contribution is 5.95. The Kier molecular flexibility index (Phi) is 5.70. The summed E-state index contributed by atoms with van der Waals surface area (Å²) in [5.74, 6) is -0.705. The number of aliphatic hydroxyl groups excluding tert-OH is 1. The van der Waals surface area contributed by atoms with Crippen molar-refractivity contribution in [3.05, 3.63) is 65.2 Å². The van der Waals surface area contributed by atoms with Crippen LogP contribution in [0.5, 0.6) is 5.75 Å². The van der Waals surface area contributed by atoms with Crippen LogP contribution in [0.15, 0.2) is 48.5 Å². The molecule has 1 saturated heterocycles. The van der Waals surface area contributed by atoms with Gasteiger partial charge in [-0.15, -0.1) is 0 Å². The standard InChI is InChI=1S/C22H25NO5/c1-15-6-8-17(9-7-15)20(25)23-11-10-19(24)22(14-23,21(26)27)13-16-4-3-5-18(12-16)28-2/h3-9,12,19,24H,10-11,13-14H2,1-2H3,(H,26,27)/t19-,22-/m1/s1. The monoisotopic (exact) mass is 383 g/mol. The van der Waals surface area contributed by atoms with Crippen molar-refractivity contribution >= 4 is 11.9 Å². The number of benzene rings is 2. The number of hydrogen-bond donors (Lipinski definition) is 2. The van der Waals surface area contributed by atoms with Gasteiger partial charge in [-0.25, -0.2) is 0 Å². The first kappa shape index (κ1) is 19.9. The van der Waals surface area contributed by atoms with Crippen molar-refractivity contribution in [3.63, 3.8) is 0 Å². The van der Waals surface area contributed by atoms with Crippen LogP contribution < -0.4 is 4.74 Å². The van der Waals surface area contributed by atoms with Gasteiger partial charge in [0, 0.05) is 18.7 Å². The second kappa shape index (κ2) is 8.02. The Hall–Kier alpha value is -2.86. The summed E-state index contributed by atoms with van der Waals surface area (Å²) in [5.41, 5.74) is 0.835. The quantitative estimate of drug-likeness (QED) is 0.829. The summed E-state index contributed by atoms with van der Waals surface area (Å²) in [5, 5.41) is 20.7. The van der Waals surface area contributed by atoms with E-state index in [0.29, 0.717) is 17.9 Å². The van der Waals surface area contributed by atoms with Crippen LogP contribution in [-0.4, -0.2) is 53.3 Å². The van der Waals surface area contributed by atoms with E-state index in [2.05, 4.69) is 0 Å². The van der Waals surface area contributed by atoms with Gasteiger partial charge in [0.15, 0.2) is 0 Å². The predicted molar refractivity (Wildman–Crippen MR) is 104 cm³/mol. The number of carbonyl (C=O) groups is 2. The molecule has 0 bridgehead atoms. The van der Waals surface area contributed by atoms with Gasteiger partial charge in [-0.1, -0.05) is 29.8 Å². The minimum Gasteiger partial charge on any atom is -0.497 e. The van der Waals surface area contributed by atoms with E-state index in [1.54, 1.807) is 43.5 Å². The zero-order valence-corrected chi connectivity index (χ0v) is 16.1. The van der Waals surface area contributed by atoms with Crippen molar-refractivity contribution < 1.29 is 24.5 Å². The van der Waals surface area contributed by atoms with E-state index < -0.39 is 17.5 Å². The topological polar surface area (TPSA) is 87.1 Å². The molecule has 6 heteroatoms. The Morgan fingerprint density at radius 1 is 1.21 bits per heavy atom. The van der Waals surface area contributed by atoms with Gasteiger partial charge in [0.05, 0.1) is 13.2 Å². The van der Waals surface area contributed by atoms with Crippen molar-refractivity contribution in [3.8, 4) is 5.75 Å². The van der Waals surface area contributed by atoms with Crippen molar-refractivity contribution in [2.75, 3.05) is 20.2 Å². The van der Waals surface area contributed by atoms with E-state index in [1.807, 2.05) is 19.1 Å². The van der Waals surface area contributed by atoms with E-state index in [0.717, 1.165) is 11.1 Å². The molecule has 0 radical (unpaired) electrons. The average Bonchev–Trinajstić information content (AvgIpc) is 2.69. The first-order chi connectivity index (χ1) is 13.4. The molecular formula is C22H25NO5. The molecule has 148 valence electrons. The fourth-order valence-corrected chi connectivity index (χ4v) is 3.74. The second-order valence-electron chi connectivity index (χ2n) is 7.39. The van der Waals surface area contributed by atoms with E-state index >= 15 is 0 Å². The van der Waals surface area contributed by atoms with E-state index in [4.69, 9.17) is 4.74 Å².